The van der Waals surface area contributed by atoms with Gasteiger partial charge in [-0.15, -0.1) is 0 Å². The van der Waals surface area contributed by atoms with Gasteiger partial charge in [-0.1, -0.05) is 25.7 Å². The molecule has 0 saturated carbocycles. The molecule has 0 unspecified atom stereocenters. The van der Waals surface area contributed by atoms with Crippen LogP contribution in [-0.2, 0) is 0 Å². The van der Waals surface area contributed by atoms with Crippen LogP contribution in [0.1, 0.15) is 74.1 Å². The third-order valence-corrected chi connectivity index (χ3v) is 6.96. The molecule has 38 heavy (non-hydrogen) atoms. The Morgan fingerprint density at radius 1 is 0.395 bits per heavy atom. The first-order valence-electron chi connectivity index (χ1n) is 14.3. The zero-order valence-corrected chi connectivity index (χ0v) is 22.3. The third kappa shape index (κ3) is 8.27. The summed E-state index contributed by atoms with van der Waals surface area (Å²) in [5.74, 6) is 0. The van der Waals surface area contributed by atoms with Crippen molar-refractivity contribution in [3.05, 3.63) is 71.3 Å². The summed E-state index contributed by atoms with van der Waals surface area (Å²) in [5.41, 5.74) is 7.86. The molecule has 3 aromatic rings. The second-order valence-electron chi connectivity index (χ2n) is 10.2. The minimum Gasteiger partial charge on any atom is -0.355 e. The maximum atomic E-state index is 4.62. The molecule has 8 bridgehead atoms. The van der Waals surface area contributed by atoms with E-state index in [1.54, 1.807) is 0 Å². The Balaban J connectivity index is 0.000000172. The fourth-order valence-electron chi connectivity index (χ4n) is 4.90. The molecule has 0 aromatic carbocycles. The number of aromatic nitrogens is 4. The summed E-state index contributed by atoms with van der Waals surface area (Å²) in [6, 6.07) is 16.4. The van der Waals surface area contributed by atoms with Crippen molar-refractivity contribution in [1.29, 1.82) is 0 Å². The lowest BCUT2D eigenvalue weighted by atomic mass is 10.2. The molecule has 6 heteroatoms. The molecule has 0 amide bonds. The van der Waals surface area contributed by atoms with Gasteiger partial charge in [0.1, 0.15) is 0 Å². The van der Waals surface area contributed by atoms with E-state index in [0.29, 0.717) is 0 Å². The highest BCUT2D eigenvalue weighted by atomic mass is 14.8. The standard InChI is InChI=1S/C20H14N4.2C6H13N/c1-2-14-10-16-5-6-18(23-16)12-20-8-7-19(24-20)11-17-4-3-15(22-17)9-13(1)21-14;2*1-2-4-6-7-5-3-1/h1-12,21-22H;2*7H,1-6H2. The number of nitrogens with zero attached hydrogens (tertiary/aromatic N) is 2. The van der Waals surface area contributed by atoms with E-state index >= 15 is 0 Å². The van der Waals surface area contributed by atoms with Gasteiger partial charge in [0.15, 0.2) is 0 Å². The summed E-state index contributed by atoms with van der Waals surface area (Å²) < 4.78 is 0. The Kier molecular flexibility index (Phi) is 9.55. The smallest absolute Gasteiger partial charge is 0.0659 e. The number of aromatic amines is 2. The Morgan fingerprint density at radius 3 is 1.13 bits per heavy atom. The van der Waals surface area contributed by atoms with Gasteiger partial charge in [-0.3, -0.25) is 0 Å². The largest absolute Gasteiger partial charge is 0.355 e. The van der Waals surface area contributed by atoms with E-state index in [2.05, 4.69) is 60.9 Å². The van der Waals surface area contributed by atoms with Crippen molar-refractivity contribution in [2.24, 2.45) is 0 Å². The molecule has 7 heterocycles. The topological polar surface area (TPSA) is 81.4 Å². The van der Waals surface area contributed by atoms with Gasteiger partial charge in [-0.25, -0.2) is 9.97 Å². The van der Waals surface area contributed by atoms with Gasteiger partial charge in [0.05, 0.1) is 22.8 Å². The van der Waals surface area contributed by atoms with Crippen LogP contribution in [0, 0.1) is 0 Å². The second kappa shape index (κ2) is 13.9. The van der Waals surface area contributed by atoms with Crippen molar-refractivity contribution in [1.82, 2.24) is 30.6 Å². The number of rotatable bonds is 0. The van der Waals surface area contributed by atoms with Gasteiger partial charge in [0.25, 0.3) is 0 Å². The molecule has 4 aliphatic rings. The molecule has 7 rings (SSSR count). The van der Waals surface area contributed by atoms with Gasteiger partial charge in [-0.2, -0.15) is 0 Å². The maximum absolute atomic E-state index is 4.62. The molecule has 2 saturated heterocycles. The molecule has 0 spiro atoms. The highest BCUT2D eigenvalue weighted by molar-refractivity contribution is 5.77. The van der Waals surface area contributed by atoms with Crippen molar-refractivity contribution >= 4 is 46.4 Å². The molecule has 6 nitrogen and oxygen atoms in total. The van der Waals surface area contributed by atoms with Crippen LogP contribution < -0.4 is 10.6 Å². The number of fused-ring (bicyclic) bond motifs is 8. The van der Waals surface area contributed by atoms with Crippen LogP contribution >= 0.6 is 0 Å². The molecule has 4 aliphatic heterocycles. The van der Waals surface area contributed by atoms with Crippen LogP contribution in [0.25, 0.3) is 46.4 Å². The summed E-state index contributed by atoms with van der Waals surface area (Å²) in [5, 5.41) is 6.69. The quantitative estimate of drug-likeness (QED) is 0.182. The molecule has 4 N–H and O–H groups in total. The van der Waals surface area contributed by atoms with Crippen molar-refractivity contribution in [2.75, 3.05) is 26.2 Å². The number of H-pyrrole nitrogens is 2. The first-order valence-corrected chi connectivity index (χ1v) is 14.3. The van der Waals surface area contributed by atoms with Gasteiger partial charge < -0.3 is 20.6 Å². The summed E-state index contributed by atoms with van der Waals surface area (Å²) in [6.45, 7) is 5.00. The van der Waals surface area contributed by atoms with E-state index in [1.165, 1.54) is 77.5 Å². The van der Waals surface area contributed by atoms with Crippen molar-refractivity contribution in [3.8, 4) is 0 Å². The Morgan fingerprint density at radius 2 is 0.737 bits per heavy atom. The molecule has 3 aromatic heterocycles. The van der Waals surface area contributed by atoms with Crippen molar-refractivity contribution in [2.45, 2.75) is 51.4 Å². The first-order chi connectivity index (χ1) is 18.8. The summed E-state index contributed by atoms with van der Waals surface area (Å²) in [6.07, 6.45) is 19.4. The summed E-state index contributed by atoms with van der Waals surface area (Å²) in [4.78, 5) is 16.0. The van der Waals surface area contributed by atoms with Crippen LogP contribution in [-0.4, -0.2) is 46.1 Å². The fraction of sp³-hybridized carbons (Fsp3) is 0.375. The molecule has 0 aliphatic carbocycles. The highest BCUT2D eigenvalue weighted by Gasteiger charge is 2.02. The van der Waals surface area contributed by atoms with Gasteiger partial charge in [0, 0.05) is 22.1 Å². The molecule has 198 valence electrons. The Hall–Kier alpha value is -3.48. The lowest BCUT2D eigenvalue weighted by Gasteiger charge is -1.91. The van der Waals surface area contributed by atoms with Crippen LogP contribution in [0.15, 0.2) is 48.5 Å². The number of nitrogens with one attached hydrogen (secondary N) is 4. The van der Waals surface area contributed by atoms with E-state index in [-0.39, 0.29) is 0 Å². The summed E-state index contributed by atoms with van der Waals surface area (Å²) >= 11 is 0. The Bertz CT molecular complexity index is 1250. The van der Waals surface area contributed by atoms with Crippen LogP contribution in [0.2, 0.25) is 0 Å². The molecular weight excluding hydrogens is 468 g/mol. The zero-order chi connectivity index (χ0) is 25.8. The third-order valence-electron chi connectivity index (χ3n) is 6.96. The van der Waals surface area contributed by atoms with Crippen molar-refractivity contribution < 1.29 is 0 Å². The summed E-state index contributed by atoms with van der Waals surface area (Å²) in [7, 11) is 0. The molecular formula is C32H40N6. The van der Waals surface area contributed by atoms with E-state index in [9.17, 15) is 0 Å². The molecule has 0 atom stereocenters. The normalized spacial score (nSPS) is 16.8. The predicted octanol–water partition coefficient (Wildman–Crippen LogP) is 6.96. The van der Waals surface area contributed by atoms with Gasteiger partial charge in [0.2, 0.25) is 0 Å². The average molecular weight is 509 g/mol. The lowest BCUT2D eigenvalue weighted by Crippen LogP contribution is -2.12. The number of hydrogen-bond acceptors (Lipinski definition) is 4. The van der Waals surface area contributed by atoms with E-state index < -0.39 is 0 Å². The van der Waals surface area contributed by atoms with Crippen LogP contribution in [0.5, 0.6) is 0 Å². The second-order valence-corrected chi connectivity index (χ2v) is 10.2. The first kappa shape index (κ1) is 26.1. The van der Waals surface area contributed by atoms with E-state index in [1.807, 2.05) is 42.5 Å². The zero-order valence-electron chi connectivity index (χ0n) is 22.3. The fourth-order valence-corrected chi connectivity index (χ4v) is 4.90. The molecule has 0 radical (unpaired) electrons. The van der Waals surface area contributed by atoms with E-state index in [0.717, 1.165) is 44.8 Å². The van der Waals surface area contributed by atoms with Crippen LogP contribution in [0.3, 0.4) is 0 Å². The predicted molar refractivity (Wildman–Crippen MR) is 162 cm³/mol. The van der Waals surface area contributed by atoms with Crippen molar-refractivity contribution in [3.63, 3.8) is 0 Å². The van der Waals surface area contributed by atoms with Crippen LogP contribution in [0.4, 0.5) is 0 Å². The van der Waals surface area contributed by atoms with E-state index in [4.69, 9.17) is 0 Å². The lowest BCUT2D eigenvalue weighted by molar-refractivity contribution is 0.702. The minimum absolute atomic E-state index is 0.915. The maximum Gasteiger partial charge on any atom is 0.0659 e. The Labute approximate surface area is 225 Å². The van der Waals surface area contributed by atoms with Gasteiger partial charge in [-0.05, 0) is 125 Å². The SMILES string of the molecule is C1=Cc2cc3ccc(cc4ccc(cc5nc(cc1n2)C=C5)[nH]4)[nH]3.C1CCCNCC1.C1CCCNCC1. The molecule has 2 fully saturated rings. The highest BCUT2D eigenvalue weighted by Crippen LogP contribution is 2.17. The minimum atomic E-state index is 0.915. The average Bonchev–Trinajstić information content (AvgIpc) is 3.64. The van der Waals surface area contributed by atoms with Gasteiger partial charge >= 0.3 is 0 Å². The monoisotopic (exact) mass is 508 g/mol. The number of hydrogen-bond donors (Lipinski definition) is 4.